The molecule has 1 aromatic heterocycles. The van der Waals surface area contributed by atoms with Crippen molar-refractivity contribution in [2.75, 3.05) is 0 Å². The second-order valence-electron chi connectivity index (χ2n) is 4.59. The molecule has 21 heavy (non-hydrogen) atoms. The number of benzene rings is 1. The molecule has 0 aliphatic carbocycles. The summed E-state index contributed by atoms with van der Waals surface area (Å²) in [5.74, 6) is -0.788. The molecule has 1 heterocycles. The van der Waals surface area contributed by atoms with Crippen LogP contribution in [-0.4, -0.2) is 16.1 Å². The average molecular weight is 370 g/mol. The fourth-order valence-corrected chi connectivity index (χ4v) is 3.77. The van der Waals surface area contributed by atoms with Crippen LogP contribution < -0.4 is 0 Å². The van der Waals surface area contributed by atoms with Gasteiger partial charge in [0.05, 0.1) is 5.56 Å². The number of hydrogen-bond acceptors (Lipinski definition) is 3. The van der Waals surface area contributed by atoms with E-state index in [9.17, 15) is 14.3 Å². The second kappa shape index (κ2) is 6.58. The van der Waals surface area contributed by atoms with Crippen molar-refractivity contribution in [3.05, 3.63) is 56.9 Å². The lowest BCUT2D eigenvalue weighted by molar-refractivity contribution is 0.0691. The minimum Gasteiger partial charge on any atom is -0.478 e. The highest BCUT2D eigenvalue weighted by atomic mass is 79.9. The summed E-state index contributed by atoms with van der Waals surface area (Å²) < 4.78 is 13.7. The molecule has 0 saturated carbocycles. The summed E-state index contributed by atoms with van der Waals surface area (Å²) in [7, 11) is 0. The molecule has 0 amide bonds. The van der Waals surface area contributed by atoms with Gasteiger partial charge in [-0.25, -0.2) is 14.2 Å². The molecule has 0 saturated heterocycles. The first kappa shape index (κ1) is 16.0. The second-order valence-corrected chi connectivity index (χ2v) is 6.41. The number of carboxylic acids is 1. The van der Waals surface area contributed by atoms with Crippen LogP contribution in [0.25, 0.3) is 0 Å². The van der Waals surface area contributed by atoms with Gasteiger partial charge in [-0.3, -0.25) is 0 Å². The number of halogens is 2. The number of hydrogen-bond donors (Lipinski definition) is 1. The number of carboxylic acid groups (broad SMARTS) is 1. The summed E-state index contributed by atoms with van der Waals surface area (Å²) in [6.07, 6.45) is 0. The van der Waals surface area contributed by atoms with E-state index in [1.165, 1.54) is 23.9 Å². The number of carbonyl (C=O) groups is 1. The van der Waals surface area contributed by atoms with Crippen molar-refractivity contribution < 1.29 is 14.3 Å². The van der Waals surface area contributed by atoms with Crippen LogP contribution in [0.2, 0.25) is 0 Å². The highest BCUT2D eigenvalue weighted by molar-refractivity contribution is 9.10. The highest BCUT2D eigenvalue weighted by Crippen LogP contribution is 2.30. The fraction of sp³-hybridized carbons (Fsp3) is 0.200. The van der Waals surface area contributed by atoms with Gasteiger partial charge in [-0.15, -0.1) is 11.8 Å². The predicted octanol–water partition coefficient (Wildman–Crippen LogP) is 4.59. The number of aryl methyl sites for hydroxylation is 2. The van der Waals surface area contributed by atoms with Crippen molar-refractivity contribution in [1.29, 1.82) is 0 Å². The van der Waals surface area contributed by atoms with Crippen molar-refractivity contribution in [3.8, 4) is 0 Å². The number of aromatic carboxylic acids is 1. The van der Waals surface area contributed by atoms with Gasteiger partial charge in [0.1, 0.15) is 10.8 Å². The zero-order valence-electron chi connectivity index (χ0n) is 11.5. The Hall–Kier alpha value is -1.40. The first-order valence-electron chi connectivity index (χ1n) is 6.16. The summed E-state index contributed by atoms with van der Waals surface area (Å²) in [6.45, 7) is 3.59. The molecule has 3 nitrogen and oxygen atoms in total. The van der Waals surface area contributed by atoms with Crippen molar-refractivity contribution in [2.24, 2.45) is 0 Å². The third-order valence-corrected chi connectivity index (χ3v) is 4.67. The Labute approximate surface area is 134 Å². The molecule has 0 fully saturated rings. The average Bonchev–Trinajstić information content (AvgIpc) is 2.36. The maximum atomic E-state index is 13.1. The van der Waals surface area contributed by atoms with Crippen LogP contribution in [-0.2, 0) is 5.75 Å². The third kappa shape index (κ3) is 3.83. The molecule has 0 spiro atoms. The molecule has 0 radical (unpaired) electrons. The van der Waals surface area contributed by atoms with Gasteiger partial charge in [-0.05, 0) is 43.2 Å². The summed E-state index contributed by atoms with van der Waals surface area (Å²) in [6, 6.07) is 6.20. The lowest BCUT2D eigenvalue weighted by atomic mass is 10.1. The van der Waals surface area contributed by atoms with E-state index in [2.05, 4.69) is 20.9 Å². The number of nitrogens with zero attached hydrogens (tertiary/aromatic N) is 1. The Balaban J connectivity index is 2.29. The van der Waals surface area contributed by atoms with Gasteiger partial charge in [0.2, 0.25) is 0 Å². The summed E-state index contributed by atoms with van der Waals surface area (Å²) in [5, 5.41) is 9.80. The smallest absolute Gasteiger partial charge is 0.338 e. The van der Waals surface area contributed by atoms with Crippen LogP contribution in [0.3, 0.4) is 0 Å². The SMILES string of the molecule is Cc1cc(C)c(C(=O)O)c(SCc2ccc(F)cc2Br)n1. The summed E-state index contributed by atoms with van der Waals surface area (Å²) in [5.41, 5.74) is 2.58. The fourth-order valence-electron chi connectivity index (χ4n) is 1.95. The van der Waals surface area contributed by atoms with Gasteiger partial charge in [-0.2, -0.15) is 0 Å². The number of thioether (sulfide) groups is 1. The topological polar surface area (TPSA) is 50.2 Å². The summed E-state index contributed by atoms with van der Waals surface area (Å²) in [4.78, 5) is 15.7. The molecule has 0 bridgehead atoms. The molecule has 2 aromatic rings. The van der Waals surface area contributed by atoms with E-state index in [1.807, 2.05) is 6.92 Å². The first-order chi connectivity index (χ1) is 9.88. The van der Waals surface area contributed by atoms with Crippen LogP contribution in [0, 0.1) is 19.7 Å². The molecule has 0 aliphatic heterocycles. The van der Waals surface area contributed by atoms with E-state index in [4.69, 9.17) is 0 Å². The molecule has 1 aromatic carbocycles. The summed E-state index contributed by atoms with van der Waals surface area (Å²) >= 11 is 4.64. The molecule has 0 unspecified atom stereocenters. The van der Waals surface area contributed by atoms with Crippen LogP contribution in [0.5, 0.6) is 0 Å². The largest absolute Gasteiger partial charge is 0.478 e. The lowest BCUT2D eigenvalue weighted by Gasteiger charge is -2.10. The molecular weight excluding hydrogens is 357 g/mol. The zero-order chi connectivity index (χ0) is 15.6. The molecular formula is C15H13BrFNO2S. The van der Waals surface area contributed by atoms with Gasteiger partial charge in [0, 0.05) is 15.9 Å². The maximum Gasteiger partial charge on any atom is 0.338 e. The quantitative estimate of drug-likeness (QED) is 0.800. The standard InChI is InChI=1S/C15H13BrFNO2S/c1-8-5-9(2)18-14(13(8)15(19)20)21-7-10-3-4-11(17)6-12(10)16/h3-6H,7H2,1-2H3,(H,19,20). The Kier molecular flexibility index (Phi) is 5.00. The van der Waals surface area contributed by atoms with Crippen molar-refractivity contribution >= 4 is 33.7 Å². The van der Waals surface area contributed by atoms with Gasteiger partial charge < -0.3 is 5.11 Å². The first-order valence-corrected chi connectivity index (χ1v) is 7.94. The van der Waals surface area contributed by atoms with Crippen molar-refractivity contribution in [2.45, 2.75) is 24.6 Å². The van der Waals surface area contributed by atoms with Crippen molar-refractivity contribution in [3.63, 3.8) is 0 Å². The molecule has 110 valence electrons. The molecule has 6 heteroatoms. The van der Waals surface area contributed by atoms with Crippen molar-refractivity contribution in [1.82, 2.24) is 4.98 Å². The molecule has 1 N–H and O–H groups in total. The predicted molar refractivity (Wildman–Crippen MR) is 84.3 cm³/mol. The number of pyridine rings is 1. The van der Waals surface area contributed by atoms with E-state index in [1.54, 1.807) is 19.1 Å². The van der Waals surface area contributed by atoms with Crippen LogP contribution in [0.15, 0.2) is 33.8 Å². The Bertz CT molecular complexity index is 706. The lowest BCUT2D eigenvalue weighted by Crippen LogP contribution is -2.05. The van der Waals surface area contributed by atoms with Gasteiger partial charge in [-0.1, -0.05) is 22.0 Å². The molecule has 2 rings (SSSR count). The van der Waals surface area contributed by atoms with E-state index in [-0.39, 0.29) is 11.4 Å². The minimum atomic E-state index is -0.985. The zero-order valence-corrected chi connectivity index (χ0v) is 13.9. The monoisotopic (exact) mass is 369 g/mol. The van der Waals surface area contributed by atoms with E-state index >= 15 is 0 Å². The molecule has 0 atom stereocenters. The van der Waals surface area contributed by atoms with Crippen LogP contribution in [0.1, 0.15) is 27.2 Å². The highest BCUT2D eigenvalue weighted by Gasteiger charge is 2.16. The Morgan fingerprint density at radius 1 is 1.38 bits per heavy atom. The Morgan fingerprint density at radius 2 is 2.10 bits per heavy atom. The number of aromatic nitrogens is 1. The van der Waals surface area contributed by atoms with E-state index < -0.39 is 5.97 Å². The van der Waals surface area contributed by atoms with Crippen LogP contribution in [0.4, 0.5) is 4.39 Å². The number of rotatable bonds is 4. The van der Waals surface area contributed by atoms with Gasteiger partial charge in [0.15, 0.2) is 0 Å². The van der Waals surface area contributed by atoms with E-state index in [0.717, 1.165) is 11.3 Å². The van der Waals surface area contributed by atoms with Gasteiger partial charge in [0.25, 0.3) is 0 Å². The van der Waals surface area contributed by atoms with Gasteiger partial charge >= 0.3 is 5.97 Å². The van der Waals surface area contributed by atoms with Crippen LogP contribution >= 0.6 is 27.7 Å². The van der Waals surface area contributed by atoms with E-state index in [0.29, 0.717) is 20.8 Å². The minimum absolute atomic E-state index is 0.226. The Morgan fingerprint density at radius 3 is 2.71 bits per heavy atom. The molecule has 0 aliphatic rings. The normalized spacial score (nSPS) is 10.7. The maximum absolute atomic E-state index is 13.1. The third-order valence-electron chi connectivity index (χ3n) is 2.90.